The molecule has 1 aromatic carbocycles. The number of hydrogen-bond acceptors (Lipinski definition) is 5. The van der Waals surface area contributed by atoms with Gasteiger partial charge in [0.15, 0.2) is 0 Å². The molecule has 1 saturated heterocycles. The summed E-state index contributed by atoms with van der Waals surface area (Å²) in [5, 5.41) is 12.0. The van der Waals surface area contributed by atoms with Gasteiger partial charge in [0.25, 0.3) is 0 Å². The molecule has 0 unspecified atom stereocenters. The van der Waals surface area contributed by atoms with Crippen LogP contribution in [-0.2, 0) is 14.8 Å². The second-order valence-corrected chi connectivity index (χ2v) is 8.73. The monoisotopic (exact) mass is 378 g/mol. The van der Waals surface area contributed by atoms with Crippen LogP contribution < -0.4 is 5.32 Å². The van der Waals surface area contributed by atoms with Gasteiger partial charge in [-0.1, -0.05) is 26.0 Å². The van der Waals surface area contributed by atoms with E-state index in [0.717, 1.165) is 6.42 Å². The summed E-state index contributed by atoms with van der Waals surface area (Å²) in [6.07, 6.45) is 0.941. The molecule has 2 rings (SSSR count). The smallest absolute Gasteiger partial charge is 0.244 e. The van der Waals surface area contributed by atoms with E-state index in [1.165, 1.54) is 16.4 Å². The van der Waals surface area contributed by atoms with E-state index in [0.29, 0.717) is 38.6 Å². The molecule has 1 aliphatic heterocycles. The summed E-state index contributed by atoms with van der Waals surface area (Å²) in [4.78, 5) is 14.0. The molecule has 1 aromatic rings. The first-order valence-electron chi connectivity index (χ1n) is 8.83. The largest absolute Gasteiger partial charge is 0.355 e. The van der Waals surface area contributed by atoms with Crippen molar-refractivity contribution < 1.29 is 13.2 Å². The van der Waals surface area contributed by atoms with E-state index in [9.17, 15) is 13.2 Å². The Kier molecular flexibility index (Phi) is 7.14. The predicted octanol–water partition coefficient (Wildman–Crippen LogP) is 1.03. The van der Waals surface area contributed by atoms with E-state index in [1.54, 1.807) is 12.1 Å². The van der Waals surface area contributed by atoms with Crippen LogP contribution in [0.4, 0.5) is 0 Å². The van der Waals surface area contributed by atoms with Crippen LogP contribution >= 0.6 is 0 Å². The Morgan fingerprint density at radius 1 is 1.23 bits per heavy atom. The maximum Gasteiger partial charge on any atom is 0.244 e. The highest BCUT2D eigenvalue weighted by Gasteiger charge is 2.30. The number of carbonyl (C=O) groups is 1. The molecule has 0 radical (unpaired) electrons. The Morgan fingerprint density at radius 3 is 2.50 bits per heavy atom. The molecular weight excluding hydrogens is 352 g/mol. The number of nitrogens with one attached hydrogen (secondary N) is 1. The first-order valence-corrected chi connectivity index (χ1v) is 10.3. The number of hydrogen-bond donors (Lipinski definition) is 1. The first-order chi connectivity index (χ1) is 12.3. The van der Waals surface area contributed by atoms with Gasteiger partial charge in [0, 0.05) is 32.7 Å². The van der Waals surface area contributed by atoms with Gasteiger partial charge in [0.05, 0.1) is 17.0 Å². The summed E-state index contributed by atoms with van der Waals surface area (Å²) in [5.41, 5.74) is 0.152. The van der Waals surface area contributed by atoms with Crippen molar-refractivity contribution in [1.29, 1.82) is 5.26 Å². The summed E-state index contributed by atoms with van der Waals surface area (Å²) in [5.74, 6) is 0.511. The molecule has 0 atom stereocenters. The molecule has 0 bridgehead atoms. The van der Waals surface area contributed by atoms with Crippen LogP contribution in [0.2, 0.25) is 0 Å². The van der Waals surface area contributed by atoms with E-state index < -0.39 is 10.0 Å². The molecule has 1 fully saturated rings. The zero-order valence-electron chi connectivity index (χ0n) is 15.3. The maximum absolute atomic E-state index is 12.8. The summed E-state index contributed by atoms with van der Waals surface area (Å²) in [6.45, 7) is 6.75. The normalized spacial score (nSPS) is 16.4. The molecule has 1 amide bonds. The lowest BCUT2D eigenvalue weighted by Crippen LogP contribution is -2.51. The van der Waals surface area contributed by atoms with Gasteiger partial charge in [0.1, 0.15) is 6.07 Å². The highest BCUT2D eigenvalue weighted by molar-refractivity contribution is 7.89. The lowest BCUT2D eigenvalue weighted by molar-refractivity contribution is -0.122. The lowest BCUT2D eigenvalue weighted by Gasteiger charge is -2.33. The van der Waals surface area contributed by atoms with Crippen molar-refractivity contribution in [2.75, 3.05) is 39.3 Å². The predicted molar refractivity (Wildman–Crippen MR) is 98.8 cm³/mol. The van der Waals surface area contributed by atoms with E-state index in [4.69, 9.17) is 5.26 Å². The fraction of sp³-hybridized carbons (Fsp3) is 0.556. The van der Waals surface area contributed by atoms with Crippen LogP contribution in [0.25, 0.3) is 0 Å². The summed E-state index contributed by atoms with van der Waals surface area (Å²) in [6, 6.07) is 8.16. The number of carbonyl (C=O) groups excluding carboxylic acids is 1. The van der Waals surface area contributed by atoms with Crippen molar-refractivity contribution in [2.45, 2.75) is 25.2 Å². The Labute approximate surface area is 155 Å². The molecule has 0 spiro atoms. The number of nitriles is 1. The number of benzene rings is 1. The molecule has 1 aliphatic rings. The number of sulfonamides is 1. The Hall–Kier alpha value is -1.95. The summed E-state index contributed by atoms with van der Waals surface area (Å²) in [7, 11) is -3.70. The Bertz CT molecular complexity index is 763. The number of rotatable bonds is 7. The fourth-order valence-corrected chi connectivity index (χ4v) is 4.37. The fourth-order valence-electron chi connectivity index (χ4n) is 2.81. The second kappa shape index (κ2) is 9.12. The highest BCUT2D eigenvalue weighted by Crippen LogP contribution is 2.20. The van der Waals surface area contributed by atoms with Crippen LogP contribution in [0.15, 0.2) is 29.2 Å². The average Bonchev–Trinajstić information content (AvgIpc) is 2.61. The minimum absolute atomic E-state index is 0.0308. The molecule has 0 aromatic heterocycles. The van der Waals surface area contributed by atoms with Gasteiger partial charge >= 0.3 is 0 Å². The Morgan fingerprint density at radius 2 is 1.88 bits per heavy atom. The van der Waals surface area contributed by atoms with Crippen LogP contribution in [-0.4, -0.2) is 62.8 Å². The summed E-state index contributed by atoms with van der Waals surface area (Å²) < 4.78 is 26.9. The standard InChI is InChI=1S/C18H26N4O3S/c1-15(2)7-8-20-18(23)14-21-9-11-22(12-10-21)26(24,25)17-6-4-3-5-16(17)13-19/h3-6,15H,7-12,14H2,1-2H3,(H,20,23). The number of piperazine rings is 1. The zero-order valence-corrected chi connectivity index (χ0v) is 16.1. The molecule has 26 heavy (non-hydrogen) atoms. The van der Waals surface area contributed by atoms with Crippen LogP contribution in [0.5, 0.6) is 0 Å². The molecule has 7 nitrogen and oxygen atoms in total. The van der Waals surface area contributed by atoms with Gasteiger partial charge in [0.2, 0.25) is 15.9 Å². The molecule has 142 valence electrons. The van der Waals surface area contributed by atoms with Gasteiger partial charge in [-0.05, 0) is 24.5 Å². The van der Waals surface area contributed by atoms with Gasteiger partial charge < -0.3 is 5.32 Å². The topological polar surface area (TPSA) is 93.5 Å². The molecule has 0 saturated carbocycles. The highest BCUT2D eigenvalue weighted by atomic mass is 32.2. The van der Waals surface area contributed by atoms with E-state index in [-0.39, 0.29) is 22.9 Å². The van der Waals surface area contributed by atoms with Crippen molar-refractivity contribution in [1.82, 2.24) is 14.5 Å². The minimum Gasteiger partial charge on any atom is -0.355 e. The second-order valence-electron chi connectivity index (χ2n) is 6.82. The zero-order chi connectivity index (χ0) is 19.2. The third-order valence-electron chi connectivity index (χ3n) is 4.37. The maximum atomic E-state index is 12.8. The van der Waals surface area contributed by atoms with Crippen LogP contribution in [0.1, 0.15) is 25.8 Å². The number of amides is 1. The van der Waals surface area contributed by atoms with Crippen LogP contribution in [0.3, 0.4) is 0 Å². The van der Waals surface area contributed by atoms with Gasteiger partial charge in [-0.15, -0.1) is 0 Å². The Balaban J connectivity index is 1.90. The summed E-state index contributed by atoms with van der Waals surface area (Å²) >= 11 is 0. The molecule has 0 aliphatic carbocycles. The minimum atomic E-state index is -3.70. The van der Waals surface area contributed by atoms with Crippen molar-refractivity contribution in [3.63, 3.8) is 0 Å². The van der Waals surface area contributed by atoms with Crippen molar-refractivity contribution in [3.05, 3.63) is 29.8 Å². The van der Waals surface area contributed by atoms with E-state index >= 15 is 0 Å². The van der Waals surface area contributed by atoms with Gasteiger partial charge in [-0.3, -0.25) is 9.69 Å². The number of nitrogens with zero attached hydrogens (tertiary/aromatic N) is 3. The van der Waals surface area contributed by atoms with Crippen LogP contribution in [0, 0.1) is 17.2 Å². The third-order valence-corrected chi connectivity index (χ3v) is 6.32. The third kappa shape index (κ3) is 5.27. The molecular formula is C18H26N4O3S. The van der Waals surface area contributed by atoms with Crippen molar-refractivity contribution in [3.8, 4) is 6.07 Å². The molecule has 1 N–H and O–H groups in total. The van der Waals surface area contributed by atoms with E-state index in [1.807, 2.05) is 11.0 Å². The molecule has 8 heteroatoms. The average molecular weight is 378 g/mol. The van der Waals surface area contributed by atoms with Gasteiger partial charge in [-0.2, -0.15) is 9.57 Å². The quantitative estimate of drug-likeness (QED) is 0.765. The van der Waals surface area contributed by atoms with E-state index in [2.05, 4.69) is 19.2 Å². The molecule has 1 heterocycles. The van der Waals surface area contributed by atoms with Crippen molar-refractivity contribution >= 4 is 15.9 Å². The van der Waals surface area contributed by atoms with Crippen molar-refractivity contribution in [2.24, 2.45) is 5.92 Å². The lowest BCUT2D eigenvalue weighted by atomic mass is 10.1. The first kappa shape index (κ1) is 20.4. The SMILES string of the molecule is CC(C)CCNC(=O)CN1CCN(S(=O)(=O)c2ccccc2C#N)CC1. The van der Waals surface area contributed by atoms with Gasteiger partial charge in [-0.25, -0.2) is 8.42 Å².